The summed E-state index contributed by atoms with van der Waals surface area (Å²) in [5.74, 6) is 0.338. The van der Waals surface area contributed by atoms with Crippen LogP contribution < -0.4 is 9.64 Å². The summed E-state index contributed by atoms with van der Waals surface area (Å²) in [4.78, 5) is 19.4. The fourth-order valence-corrected chi connectivity index (χ4v) is 3.91. The third-order valence-electron chi connectivity index (χ3n) is 5.55. The third-order valence-corrected chi connectivity index (χ3v) is 5.55. The topological polar surface area (TPSA) is 117 Å². The molecule has 1 aliphatic heterocycles. The lowest BCUT2D eigenvalue weighted by Gasteiger charge is -2.27. The Morgan fingerprint density at radius 1 is 0.889 bits per heavy atom. The zero-order chi connectivity index (χ0) is 24.5. The Bertz CT molecular complexity index is 1500. The number of fused-ring (bicyclic) bond motifs is 1. The fourth-order valence-electron chi connectivity index (χ4n) is 3.91. The highest BCUT2D eigenvalue weighted by Crippen LogP contribution is 2.32. The highest BCUT2D eigenvalue weighted by Gasteiger charge is 2.25. The standard InChI is InChI=1S/C23H18F2N8O3/c24-18(25)19-27-15-6-2-3-7-16(15)33(19)22-28-21(32-9-11-34-12-10-32)29-23(30-22)36-17-8-4-1-5-14(17)20-31-26-13-35-20/h1-8,13,18H,9-12H2. The maximum atomic E-state index is 14.0. The molecule has 5 aromatic rings. The number of hydrogen-bond donors (Lipinski definition) is 0. The van der Waals surface area contributed by atoms with Crippen molar-refractivity contribution in [3.8, 4) is 29.2 Å². The minimum absolute atomic E-state index is 0.0410. The first-order valence-electron chi connectivity index (χ1n) is 11.1. The summed E-state index contributed by atoms with van der Waals surface area (Å²) >= 11 is 0. The number of halogens is 2. The van der Waals surface area contributed by atoms with Gasteiger partial charge in [-0.25, -0.2) is 13.8 Å². The number of benzene rings is 2. The Balaban J connectivity index is 1.50. The van der Waals surface area contributed by atoms with Crippen molar-refractivity contribution in [1.29, 1.82) is 0 Å². The van der Waals surface area contributed by atoms with Gasteiger partial charge in [0.2, 0.25) is 18.3 Å². The van der Waals surface area contributed by atoms with Gasteiger partial charge in [0, 0.05) is 13.1 Å². The summed E-state index contributed by atoms with van der Waals surface area (Å²) in [5.41, 5.74) is 1.35. The van der Waals surface area contributed by atoms with Crippen LogP contribution in [0.1, 0.15) is 12.2 Å². The van der Waals surface area contributed by atoms with Crippen LogP contribution in [0.25, 0.3) is 28.4 Å². The second-order valence-corrected chi connectivity index (χ2v) is 7.75. The molecule has 0 amide bonds. The number of anilines is 1. The number of nitrogens with zero attached hydrogens (tertiary/aromatic N) is 8. The van der Waals surface area contributed by atoms with E-state index in [0.29, 0.717) is 48.6 Å². The summed E-state index contributed by atoms with van der Waals surface area (Å²) in [6, 6.07) is 13.7. The normalized spacial score (nSPS) is 14.0. The lowest BCUT2D eigenvalue weighted by molar-refractivity contribution is 0.122. The molecule has 0 bridgehead atoms. The number of ether oxygens (including phenoxy) is 2. The van der Waals surface area contributed by atoms with Gasteiger partial charge in [-0.1, -0.05) is 24.3 Å². The smallest absolute Gasteiger partial charge is 0.328 e. The Kier molecular flexibility index (Phi) is 5.65. The van der Waals surface area contributed by atoms with E-state index >= 15 is 0 Å². The van der Waals surface area contributed by atoms with Crippen LogP contribution in [0.15, 0.2) is 59.3 Å². The van der Waals surface area contributed by atoms with Gasteiger partial charge in [0.15, 0.2) is 5.82 Å². The summed E-state index contributed by atoms with van der Waals surface area (Å²) in [5, 5.41) is 7.65. The second kappa shape index (κ2) is 9.26. The van der Waals surface area contributed by atoms with E-state index in [-0.39, 0.29) is 23.8 Å². The van der Waals surface area contributed by atoms with Gasteiger partial charge in [-0.2, -0.15) is 15.0 Å². The van der Waals surface area contributed by atoms with Gasteiger partial charge in [0.1, 0.15) is 5.75 Å². The molecule has 36 heavy (non-hydrogen) atoms. The molecule has 2 aromatic carbocycles. The van der Waals surface area contributed by atoms with Gasteiger partial charge >= 0.3 is 6.01 Å². The lowest BCUT2D eigenvalue weighted by atomic mass is 10.2. The summed E-state index contributed by atoms with van der Waals surface area (Å²) in [6.07, 6.45) is -1.65. The molecule has 0 N–H and O–H groups in total. The molecule has 0 atom stereocenters. The predicted octanol–water partition coefficient (Wildman–Crippen LogP) is 3.83. The number of morpholine rings is 1. The van der Waals surface area contributed by atoms with Crippen LogP contribution in [0.2, 0.25) is 0 Å². The third kappa shape index (κ3) is 4.09. The highest BCUT2D eigenvalue weighted by atomic mass is 19.3. The maximum absolute atomic E-state index is 14.0. The number of alkyl halides is 2. The molecule has 0 aliphatic carbocycles. The summed E-state index contributed by atoms with van der Waals surface area (Å²) in [6.45, 7) is 2.00. The lowest BCUT2D eigenvalue weighted by Crippen LogP contribution is -2.37. The number of rotatable bonds is 6. The molecule has 182 valence electrons. The summed E-state index contributed by atoms with van der Waals surface area (Å²) in [7, 11) is 0. The number of hydrogen-bond acceptors (Lipinski definition) is 10. The SMILES string of the molecule is FC(F)c1nc2ccccc2n1-c1nc(Oc2ccccc2-c2nnco2)nc(N2CCOCC2)n1. The van der Waals surface area contributed by atoms with E-state index in [1.54, 1.807) is 48.5 Å². The molecule has 4 heterocycles. The van der Waals surface area contributed by atoms with Gasteiger partial charge in [-0.05, 0) is 24.3 Å². The average Bonchev–Trinajstić information content (AvgIpc) is 3.58. The van der Waals surface area contributed by atoms with Gasteiger partial charge in [0.05, 0.1) is 29.8 Å². The van der Waals surface area contributed by atoms with Crippen LogP contribution in [-0.4, -0.2) is 61.0 Å². The number of imidazole rings is 1. The van der Waals surface area contributed by atoms with Crippen LogP contribution >= 0.6 is 0 Å². The van der Waals surface area contributed by atoms with Crippen molar-refractivity contribution < 1.29 is 22.7 Å². The first kappa shape index (κ1) is 22.0. The fraction of sp³-hybridized carbons (Fsp3) is 0.217. The molecule has 3 aromatic heterocycles. The zero-order valence-electron chi connectivity index (χ0n) is 18.7. The van der Waals surface area contributed by atoms with Crippen LogP contribution in [-0.2, 0) is 4.74 Å². The second-order valence-electron chi connectivity index (χ2n) is 7.75. The average molecular weight is 492 g/mol. The zero-order valence-corrected chi connectivity index (χ0v) is 18.7. The number of aromatic nitrogens is 7. The number of para-hydroxylation sites is 3. The molecule has 0 radical (unpaired) electrons. The highest BCUT2D eigenvalue weighted by molar-refractivity contribution is 5.77. The van der Waals surface area contributed by atoms with Crippen LogP contribution in [0.4, 0.5) is 14.7 Å². The van der Waals surface area contributed by atoms with Crippen molar-refractivity contribution in [2.24, 2.45) is 0 Å². The van der Waals surface area contributed by atoms with Crippen LogP contribution in [0, 0.1) is 0 Å². The van der Waals surface area contributed by atoms with Gasteiger partial charge in [-0.15, -0.1) is 10.2 Å². The van der Waals surface area contributed by atoms with E-state index < -0.39 is 12.2 Å². The first-order valence-corrected chi connectivity index (χ1v) is 11.1. The van der Waals surface area contributed by atoms with Crippen molar-refractivity contribution in [3.05, 3.63) is 60.7 Å². The van der Waals surface area contributed by atoms with Crippen molar-refractivity contribution in [2.75, 3.05) is 31.2 Å². The molecular formula is C23H18F2N8O3. The molecule has 1 saturated heterocycles. The van der Waals surface area contributed by atoms with Crippen molar-refractivity contribution in [3.63, 3.8) is 0 Å². The molecule has 13 heteroatoms. The van der Waals surface area contributed by atoms with Crippen molar-refractivity contribution >= 4 is 17.0 Å². The van der Waals surface area contributed by atoms with Gasteiger partial charge in [0.25, 0.3) is 12.3 Å². The Morgan fingerprint density at radius 3 is 2.47 bits per heavy atom. The Morgan fingerprint density at radius 2 is 1.67 bits per heavy atom. The van der Waals surface area contributed by atoms with E-state index in [4.69, 9.17) is 13.9 Å². The Hall–Kier alpha value is -4.52. The van der Waals surface area contributed by atoms with Gasteiger partial charge < -0.3 is 18.8 Å². The molecular weight excluding hydrogens is 474 g/mol. The molecule has 0 unspecified atom stereocenters. The maximum Gasteiger partial charge on any atom is 0.328 e. The van der Waals surface area contributed by atoms with Crippen LogP contribution in [0.3, 0.4) is 0 Å². The first-order chi connectivity index (χ1) is 17.7. The van der Waals surface area contributed by atoms with E-state index in [2.05, 4.69) is 30.1 Å². The van der Waals surface area contributed by atoms with E-state index in [1.807, 2.05) is 4.90 Å². The van der Waals surface area contributed by atoms with E-state index in [1.165, 1.54) is 11.0 Å². The van der Waals surface area contributed by atoms with E-state index in [0.717, 1.165) is 0 Å². The van der Waals surface area contributed by atoms with Gasteiger partial charge in [-0.3, -0.25) is 4.57 Å². The largest absolute Gasteiger partial charge is 0.423 e. The minimum atomic E-state index is -2.86. The minimum Gasteiger partial charge on any atom is -0.423 e. The molecule has 1 fully saturated rings. The molecule has 0 saturated carbocycles. The summed E-state index contributed by atoms with van der Waals surface area (Å²) < 4.78 is 46.1. The van der Waals surface area contributed by atoms with Crippen LogP contribution in [0.5, 0.6) is 11.8 Å². The quantitative estimate of drug-likeness (QED) is 0.346. The van der Waals surface area contributed by atoms with E-state index in [9.17, 15) is 8.78 Å². The molecule has 6 rings (SSSR count). The monoisotopic (exact) mass is 492 g/mol. The Labute approximate surface area is 202 Å². The van der Waals surface area contributed by atoms with Crippen molar-refractivity contribution in [1.82, 2.24) is 34.7 Å². The molecule has 1 aliphatic rings. The molecule has 0 spiro atoms. The van der Waals surface area contributed by atoms with Crippen molar-refractivity contribution in [2.45, 2.75) is 6.43 Å². The molecule has 11 nitrogen and oxygen atoms in total. The predicted molar refractivity (Wildman–Crippen MR) is 122 cm³/mol.